The molecule has 0 saturated carbocycles. The Kier molecular flexibility index (Phi) is 4.15. The van der Waals surface area contributed by atoms with Gasteiger partial charge in [0.25, 0.3) is 20.0 Å². The van der Waals surface area contributed by atoms with Crippen LogP contribution >= 0.6 is 18.5 Å². The van der Waals surface area contributed by atoms with Crippen molar-refractivity contribution in [3.63, 3.8) is 0 Å². The standard InChI is InChI=1S/C2H5F4NO4P2S2/c3-1(4,12)14(8,9)7-15(10,11)2(5,6)13/h7H,12-13H2. The van der Waals surface area contributed by atoms with Crippen LogP contribution < -0.4 is 4.13 Å². The summed E-state index contributed by atoms with van der Waals surface area (Å²) in [6.07, 6.45) is 0. The minimum absolute atomic E-state index is 0.215. The van der Waals surface area contributed by atoms with E-state index >= 15 is 0 Å². The first-order valence-corrected chi connectivity index (χ1v) is 6.94. The highest BCUT2D eigenvalue weighted by Crippen LogP contribution is 2.33. The summed E-state index contributed by atoms with van der Waals surface area (Å²) in [5.41, 5.74) is 0. The van der Waals surface area contributed by atoms with Crippen molar-refractivity contribution in [2.24, 2.45) is 0 Å². The number of hydrogen-bond donors (Lipinski definition) is 1. The minimum atomic E-state index is -5.74. The van der Waals surface area contributed by atoms with Crippen molar-refractivity contribution in [1.82, 2.24) is 4.13 Å². The molecule has 0 bridgehead atoms. The lowest BCUT2D eigenvalue weighted by Crippen LogP contribution is -2.44. The molecule has 5 nitrogen and oxygen atoms in total. The van der Waals surface area contributed by atoms with Crippen molar-refractivity contribution in [3.8, 4) is 0 Å². The molecule has 0 aliphatic heterocycles. The fraction of sp³-hybridized carbons (Fsp3) is 1.00. The van der Waals surface area contributed by atoms with E-state index in [0.717, 1.165) is 0 Å². The maximum absolute atomic E-state index is 12.2. The Bertz CT molecular complexity index is 390. The van der Waals surface area contributed by atoms with Crippen LogP contribution in [-0.2, 0) is 20.0 Å². The van der Waals surface area contributed by atoms with E-state index in [1.807, 2.05) is 0 Å². The van der Waals surface area contributed by atoms with E-state index in [1.165, 1.54) is 0 Å². The molecule has 0 amide bonds. The average Bonchev–Trinajstić information content (AvgIpc) is 1.77. The molecule has 1 N–H and O–H groups in total. The van der Waals surface area contributed by atoms with Gasteiger partial charge < -0.3 is 0 Å². The number of rotatable bonds is 4. The maximum Gasteiger partial charge on any atom is 0.369 e. The van der Waals surface area contributed by atoms with E-state index in [2.05, 4.69) is 0 Å². The second-order valence-corrected chi connectivity index (χ2v) is 8.27. The molecule has 13 heteroatoms. The molecule has 2 atom stereocenters. The first kappa shape index (κ1) is 15.4. The van der Waals surface area contributed by atoms with E-state index in [1.54, 1.807) is 0 Å². The molecule has 0 saturated heterocycles. The summed E-state index contributed by atoms with van der Waals surface area (Å²) < 4.78 is 91.1. The molecule has 0 aliphatic carbocycles. The highest BCUT2D eigenvalue weighted by atomic mass is 32.3. The van der Waals surface area contributed by atoms with Gasteiger partial charge in [-0.1, -0.05) is 4.13 Å². The van der Waals surface area contributed by atoms with Crippen LogP contribution in [-0.4, -0.2) is 26.8 Å². The Morgan fingerprint density at radius 2 is 1.00 bits per heavy atom. The lowest BCUT2D eigenvalue weighted by Gasteiger charge is -2.15. The number of sulfonamides is 2. The van der Waals surface area contributed by atoms with Gasteiger partial charge in [-0.2, -0.15) is 17.6 Å². The fourth-order valence-electron chi connectivity index (χ4n) is 0.256. The van der Waals surface area contributed by atoms with Gasteiger partial charge in [0.15, 0.2) is 0 Å². The molecule has 0 spiro atoms. The summed E-state index contributed by atoms with van der Waals surface area (Å²) in [6, 6.07) is 0. The van der Waals surface area contributed by atoms with Gasteiger partial charge >= 0.3 is 9.99 Å². The summed E-state index contributed by atoms with van der Waals surface area (Å²) in [4.78, 5) is -9.15. The van der Waals surface area contributed by atoms with Crippen molar-refractivity contribution in [1.29, 1.82) is 0 Å². The third kappa shape index (κ3) is 3.74. The van der Waals surface area contributed by atoms with E-state index < -0.39 is 30.0 Å². The van der Waals surface area contributed by atoms with E-state index in [4.69, 9.17) is 0 Å². The zero-order chi connectivity index (χ0) is 12.7. The first-order chi connectivity index (χ1) is 6.21. The monoisotopic (exact) mass is 309 g/mol. The van der Waals surface area contributed by atoms with Crippen LogP contribution in [0, 0.1) is 0 Å². The van der Waals surface area contributed by atoms with Gasteiger partial charge in [-0.15, -0.1) is 0 Å². The lowest BCUT2D eigenvalue weighted by atomic mass is 11.6. The normalized spacial score (nSPS) is 15.3. The largest absolute Gasteiger partial charge is 0.369 e. The van der Waals surface area contributed by atoms with Crippen LogP contribution in [0.5, 0.6) is 0 Å². The molecule has 0 fully saturated rings. The zero-order valence-electron chi connectivity index (χ0n) is 6.62. The predicted molar refractivity (Wildman–Crippen MR) is 50.3 cm³/mol. The second-order valence-electron chi connectivity index (χ2n) is 2.21. The number of nitrogens with one attached hydrogen (secondary N) is 1. The van der Waals surface area contributed by atoms with Crippen LogP contribution in [0.4, 0.5) is 17.6 Å². The number of halogens is 4. The smallest absolute Gasteiger partial charge is 0.205 e. The van der Waals surface area contributed by atoms with Crippen molar-refractivity contribution in [3.05, 3.63) is 0 Å². The zero-order valence-corrected chi connectivity index (χ0v) is 10.6. The van der Waals surface area contributed by atoms with Gasteiger partial charge in [0.05, 0.1) is 0 Å². The quantitative estimate of drug-likeness (QED) is 0.589. The van der Waals surface area contributed by atoms with Gasteiger partial charge in [-0.05, 0) is 18.5 Å². The van der Waals surface area contributed by atoms with Crippen LogP contribution in [0.2, 0.25) is 0 Å². The first-order valence-electron chi connectivity index (χ1n) is 2.82. The third-order valence-corrected chi connectivity index (χ3v) is 5.99. The van der Waals surface area contributed by atoms with Gasteiger partial charge in [0, 0.05) is 0 Å². The molecule has 0 aliphatic rings. The Morgan fingerprint density at radius 3 is 1.13 bits per heavy atom. The van der Waals surface area contributed by atoms with Gasteiger partial charge in [-0.3, -0.25) is 0 Å². The summed E-state index contributed by atoms with van der Waals surface area (Å²) in [7, 11) is -10.5. The summed E-state index contributed by atoms with van der Waals surface area (Å²) in [5, 5.41) is 0. The summed E-state index contributed by atoms with van der Waals surface area (Å²) >= 11 is 0. The second kappa shape index (κ2) is 4.03. The summed E-state index contributed by atoms with van der Waals surface area (Å²) in [6.45, 7) is 0. The Hall–Kier alpha value is 0.440. The maximum atomic E-state index is 12.2. The Labute approximate surface area is 87.5 Å². The molecular weight excluding hydrogens is 304 g/mol. The molecule has 0 heterocycles. The number of hydrogen-bond acceptors (Lipinski definition) is 4. The highest BCUT2D eigenvalue weighted by molar-refractivity contribution is 8.08. The minimum Gasteiger partial charge on any atom is -0.205 e. The predicted octanol–water partition coefficient (Wildman–Crippen LogP) is 0.0864. The van der Waals surface area contributed by atoms with Gasteiger partial charge in [0.1, 0.15) is 0 Å². The van der Waals surface area contributed by atoms with Crippen LogP contribution in [0.3, 0.4) is 0 Å². The lowest BCUT2D eigenvalue weighted by molar-refractivity contribution is 0.188. The Morgan fingerprint density at radius 1 is 0.800 bits per heavy atom. The van der Waals surface area contributed by atoms with Gasteiger partial charge in [0.2, 0.25) is 0 Å². The molecule has 15 heavy (non-hydrogen) atoms. The molecule has 0 aromatic rings. The van der Waals surface area contributed by atoms with Crippen LogP contribution in [0.15, 0.2) is 0 Å². The topological polar surface area (TPSA) is 80.3 Å². The third-order valence-electron chi connectivity index (χ3n) is 0.936. The van der Waals surface area contributed by atoms with E-state index in [-0.39, 0.29) is 4.13 Å². The van der Waals surface area contributed by atoms with Crippen molar-refractivity contribution in [2.75, 3.05) is 0 Å². The highest BCUT2D eigenvalue weighted by Gasteiger charge is 2.49. The molecule has 92 valence electrons. The fourth-order valence-corrected chi connectivity index (χ4v) is 3.17. The molecule has 0 aromatic heterocycles. The van der Waals surface area contributed by atoms with E-state index in [0.29, 0.717) is 18.5 Å². The molecule has 2 unspecified atom stereocenters. The number of alkyl halides is 4. The summed E-state index contributed by atoms with van der Waals surface area (Å²) in [5.74, 6) is 0. The van der Waals surface area contributed by atoms with Gasteiger partial charge in [-0.25, -0.2) is 16.8 Å². The van der Waals surface area contributed by atoms with Crippen LogP contribution in [0.25, 0.3) is 0 Å². The Balaban J connectivity index is 5.28. The molecule has 0 radical (unpaired) electrons. The van der Waals surface area contributed by atoms with Crippen LogP contribution in [0.1, 0.15) is 0 Å². The van der Waals surface area contributed by atoms with Crippen molar-refractivity contribution < 1.29 is 34.4 Å². The molecular formula is C2H5F4NO4P2S2. The average molecular weight is 309 g/mol. The van der Waals surface area contributed by atoms with Crippen molar-refractivity contribution >= 4 is 38.5 Å². The molecule has 0 rings (SSSR count). The molecule has 0 aromatic carbocycles. The van der Waals surface area contributed by atoms with Crippen molar-refractivity contribution in [2.45, 2.75) is 9.99 Å². The van der Waals surface area contributed by atoms with E-state index in [9.17, 15) is 34.4 Å². The SMILES string of the molecule is O=S(=O)(NS(=O)(=O)C(F)(F)P)C(F)(F)P.